The Labute approximate surface area is 322 Å². The molecular formula is C47H41Cl2HfSi. The van der Waals surface area contributed by atoms with Crippen molar-refractivity contribution in [2.24, 2.45) is 0 Å². The Bertz CT molecular complexity index is 2540. The van der Waals surface area contributed by atoms with Crippen LogP contribution >= 0.6 is 24.8 Å². The third kappa shape index (κ3) is 5.76. The molecule has 0 fully saturated rings. The fraction of sp³-hybridized carbons (Fsp3) is 0.106. The summed E-state index contributed by atoms with van der Waals surface area (Å²) in [6, 6.07) is 60.0. The molecule has 0 nitrogen and oxygen atoms in total. The molecule has 7 aromatic rings. The van der Waals surface area contributed by atoms with E-state index in [4.69, 9.17) is 0 Å². The largest absolute Gasteiger partial charge is 0.147 e. The van der Waals surface area contributed by atoms with Gasteiger partial charge in [0.05, 0.1) is 0 Å². The molecule has 0 radical (unpaired) electrons. The van der Waals surface area contributed by atoms with Crippen molar-refractivity contribution < 1.29 is 20.6 Å². The van der Waals surface area contributed by atoms with Crippen LogP contribution in [-0.2, 0) is 31.4 Å². The predicted molar refractivity (Wildman–Crippen MR) is 224 cm³/mol. The van der Waals surface area contributed by atoms with Gasteiger partial charge in [-0.25, -0.2) is 0 Å². The number of hydrogen-bond acceptors (Lipinski definition) is 0. The van der Waals surface area contributed by atoms with Crippen molar-refractivity contribution in [1.29, 1.82) is 0 Å². The van der Waals surface area contributed by atoms with Gasteiger partial charge in [0.1, 0.15) is 0 Å². The van der Waals surface area contributed by atoms with Crippen molar-refractivity contribution in [3.63, 3.8) is 0 Å². The van der Waals surface area contributed by atoms with E-state index in [1.54, 1.807) is 11.8 Å². The zero-order chi connectivity index (χ0) is 33.2. The average molecular weight is 883 g/mol. The van der Waals surface area contributed by atoms with Crippen LogP contribution in [0.3, 0.4) is 0 Å². The average Bonchev–Trinajstić information content (AvgIpc) is 3.62. The van der Waals surface area contributed by atoms with Gasteiger partial charge in [0.2, 0.25) is 0 Å². The number of hydrogen-bond donors (Lipinski definition) is 0. The summed E-state index contributed by atoms with van der Waals surface area (Å²) in [5.41, 5.74) is 3.95. The van der Waals surface area contributed by atoms with E-state index in [9.17, 15) is 0 Å². The maximum atomic E-state index is 2.64. The summed E-state index contributed by atoms with van der Waals surface area (Å²) in [5.74, 6) is 0. The van der Waals surface area contributed by atoms with Gasteiger partial charge in [0, 0.05) is 0 Å². The molecular weight excluding hydrogens is 842 g/mol. The maximum absolute atomic E-state index is 3.06. The smallest absolute Gasteiger partial charge is 0.147 e. The summed E-state index contributed by atoms with van der Waals surface area (Å²) in [6.07, 6.45) is 5.27. The van der Waals surface area contributed by atoms with Gasteiger partial charge in [-0.2, -0.15) is 0 Å². The van der Waals surface area contributed by atoms with Crippen LogP contribution in [0.25, 0.3) is 40.4 Å². The second-order valence-electron chi connectivity index (χ2n) is 14.3. The Morgan fingerprint density at radius 3 is 1.37 bits per heavy atom. The molecule has 2 unspecified atom stereocenters. The minimum atomic E-state index is -3.06. The van der Waals surface area contributed by atoms with E-state index in [0.29, 0.717) is 0 Å². The molecule has 0 N–H and O–H groups in total. The van der Waals surface area contributed by atoms with Crippen molar-refractivity contribution in [3.05, 3.63) is 195 Å². The van der Waals surface area contributed by atoms with Crippen LogP contribution in [0.4, 0.5) is 0 Å². The van der Waals surface area contributed by atoms with E-state index in [2.05, 4.69) is 191 Å². The van der Waals surface area contributed by atoms with Gasteiger partial charge in [0.15, 0.2) is 0 Å². The fourth-order valence-corrected chi connectivity index (χ4v) is 42.6. The summed E-state index contributed by atoms with van der Waals surface area (Å²) in [5, 5.41) is 12.8. The Morgan fingerprint density at radius 2 is 0.863 bits per heavy atom. The summed E-state index contributed by atoms with van der Waals surface area (Å²) >= 11 is -3.06. The third-order valence-electron chi connectivity index (χ3n) is 11.3. The molecule has 0 bridgehead atoms. The van der Waals surface area contributed by atoms with Crippen LogP contribution < -0.4 is 26.1 Å². The Kier molecular flexibility index (Phi) is 9.75. The standard InChI is InChI=1S/2C20H15.C7H9Si.2ClH.Hf/c2*1-20(13-16-8-2-3-9-17(16)14-20)19-12-6-10-15-7-4-5-11-18(15)19;1-6-4-2-3-5-7(6)8;;;/h2*2-13H,1H3;2-5H,8H2,1H3;2*1H;. The Morgan fingerprint density at radius 1 is 0.451 bits per heavy atom. The number of halogens is 2. The third-order valence-corrected chi connectivity index (χ3v) is 36.6. The molecule has 0 spiro atoms. The molecule has 2 aliphatic rings. The van der Waals surface area contributed by atoms with Crippen LogP contribution in [-0.4, -0.2) is 6.71 Å². The predicted octanol–water partition coefficient (Wildman–Crippen LogP) is 7.59. The second-order valence-corrected chi connectivity index (χ2v) is 32.0. The molecule has 0 aromatic heterocycles. The zero-order valence-corrected chi connectivity index (χ0v) is 35.8. The zero-order valence-electron chi connectivity index (χ0n) is 29.2. The summed E-state index contributed by atoms with van der Waals surface area (Å²) in [4.78, 5) is 0. The second kappa shape index (κ2) is 14.0. The van der Waals surface area contributed by atoms with Crippen LogP contribution in [0.1, 0.15) is 30.5 Å². The Hall–Kier alpha value is -3.79. The van der Waals surface area contributed by atoms with Crippen molar-refractivity contribution in [1.82, 2.24) is 0 Å². The van der Waals surface area contributed by atoms with Gasteiger partial charge in [-0.15, -0.1) is 24.8 Å². The van der Waals surface area contributed by atoms with E-state index in [-0.39, 0.29) is 35.6 Å². The van der Waals surface area contributed by atoms with E-state index < -0.39 is 27.3 Å². The molecule has 251 valence electrons. The van der Waals surface area contributed by atoms with Crippen molar-refractivity contribution in [2.45, 2.75) is 31.6 Å². The van der Waals surface area contributed by atoms with Gasteiger partial charge >= 0.3 is 300 Å². The molecule has 4 heteroatoms. The summed E-state index contributed by atoms with van der Waals surface area (Å²) in [7, 11) is 0. The molecule has 51 heavy (non-hydrogen) atoms. The van der Waals surface area contributed by atoms with Crippen molar-refractivity contribution >= 4 is 77.1 Å². The van der Waals surface area contributed by atoms with Gasteiger partial charge in [-0.3, -0.25) is 0 Å². The molecule has 2 atom stereocenters. The summed E-state index contributed by atoms with van der Waals surface area (Å²) in [6.45, 7) is 6.74. The molecule has 0 amide bonds. The van der Waals surface area contributed by atoms with Gasteiger partial charge < -0.3 is 0 Å². The van der Waals surface area contributed by atoms with Crippen LogP contribution in [0, 0.1) is 6.92 Å². The van der Waals surface area contributed by atoms with E-state index in [0.717, 1.165) is 0 Å². The van der Waals surface area contributed by atoms with Crippen LogP contribution in [0.15, 0.2) is 158 Å². The first kappa shape index (κ1) is 35.6. The SMILES string of the molecule is Cc1ccccc1[SiH2][Hf]([C]1=c2ccccc2=CC1(C)c1cccc2ccccc12)[C]1=c2ccccc2=CC1(C)c1cccc2ccccc12.Cl.Cl. The summed E-state index contributed by atoms with van der Waals surface area (Å²) < 4.78 is 3.54. The first-order valence-corrected chi connectivity index (χ1v) is 30.1. The number of aryl methyl sites for hydroxylation is 1. The molecule has 7 aromatic carbocycles. The van der Waals surface area contributed by atoms with Crippen molar-refractivity contribution in [2.75, 3.05) is 0 Å². The van der Waals surface area contributed by atoms with E-state index >= 15 is 0 Å². The van der Waals surface area contributed by atoms with Crippen molar-refractivity contribution in [3.8, 4) is 0 Å². The van der Waals surface area contributed by atoms with Gasteiger partial charge in [-0.05, 0) is 0 Å². The quantitative estimate of drug-likeness (QED) is 0.151. The number of benzene rings is 7. The number of rotatable bonds is 6. The van der Waals surface area contributed by atoms with Gasteiger partial charge in [-0.1, -0.05) is 0 Å². The minimum absolute atomic E-state index is 0. The minimum Gasteiger partial charge on any atom is -0.147 e. The molecule has 9 rings (SSSR count). The van der Waals surface area contributed by atoms with E-state index in [1.807, 2.05) is 0 Å². The number of fused-ring (bicyclic) bond motifs is 4. The first-order chi connectivity index (χ1) is 24.0. The molecule has 2 aliphatic carbocycles. The topological polar surface area (TPSA) is 0 Å². The molecule has 0 saturated carbocycles. The monoisotopic (exact) mass is 883 g/mol. The first-order valence-electron chi connectivity index (χ1n) is 17.5. The molecule has 0 aliphatic heterocycles. The fourth-order valence-electron chi connectivity index (χ4n) is 9.06. The Balaban J connectivity index is 0.00000203. The maximum Gasteiger partial charge on any atom is -0.147 e. The van der Waals surface area contributed by atoms with Gasteiger partial charge in [0.25, 0.3) is 0 Å². The van der Waals surface area contributed by atoms with Crippen LogP contribution in [0.5, 0.6) is 0 Å². The normalized spacial score (nSPS) is 18.9. The van der Waals surface area contributed by atoms with Crippen LogP contribution in [0.2, 0.25) is 0 Å². The molecule has 0 heterocycles. The van der Waals surface area contributed by atoms with E-state index in [1.165, 1.54) is 59.1 Å². The molecule has 0 saturated heterocycles.